The molecule has 1 amide bonds. The van der Waals surface area contributed by atoms with Crippen molar-refractivity contribution in [1.29, 1.82) is 0 Å². The monoisotopic (exact) mass is 283 g/mol. The van der Waals surface area contributed by atoms with Gasteiger partial charge in [0.2, 0.25) is 0 Å². The number of ether oxygens (including phenoxy) is 1. The average Bonchev–Trinajstić information content (AvgIpc) is 2.91. The van der Waals surface area contributed by atoms with Crippen molar-refractivity contribution in [2.24, 2.45) is 0 Å². The molecule has 1 aromatic heterocycles. The van der Waals surface area contributed by atoms with Gasteiger partial charge >= 0.3 is 11.9 Å². The molecule has 0 spiro atoms. The van der Waals surface area contributed by atoms with Crippen molar-refractivity contribution in [1.82, 2.24) is 5.32 Å². The van der Waals surface area contributed by atoms with Crippen LogP contribution in [-0.4, -0.2) is 36.1 Å². The Bertz CT molecular complexity index is 493. The van der Waals surface area contributed by atoms with Crippen LogP contribution in [0.5, 0.6) is 0 Å². The number of furan rings is 1. The van der Waals surface area contributed by atoms with Gasteiger partial charge in [-0.1, -0.05) is 6.92 Å². The number of hydrogen-bond acceptors (Lipinski definition) is 5. The van der Waals surface area contributed by atoms with E-state index in [9.17, 15) is 14.4 Å². The molecule has 0 saturated heterocycles. The summed E-state index contributed by atoms with van der Waals surface area (Å²) in [6.07, 6.45) is 0.499. The molecule has 2 N–H and O–H groups in total. The van der Waals surface area contributed by atoms with Crippen molar-refractivity contribution in [3.8, 4) is 0 Å². The lowest BCUT2D eigenvalue weighted by Crippen LogP contribution is -2.41. The highest BCUT2D eigenvalue weighted by Gasteiger charge is 2.23. The Morgan fingerprint density at radius 2 is 2.10 bits per heavy atom. The van der Waals surface area contributed by atoms with Crippen LogP contribution in [0.1, 0.15) is 36.1 Å². The summed E-state index contributed by atoms with van der Waals surface area (Å²) >= 11 is 0. The number of carbonyl (C=O) groups is 3. The molecule has 7 heteroatoms. The summed E-state index contributed by atoms with van der Waals surface area (Å²) in [5, 5.41) is 11.3. The minimum Gasteiger partial charge on any atom is -0.480 e. The number of aryl methyl sites for hydroxylation is 1. The number of hydrogen-bond donors (Lipinski definition) is 2. The number of esters is 1. The molecule has 0 radical (unpaired) electrons. The van der Waals surface area contributed by atoms with E-state index in [1.165, 1.54) is 13.2 Å². The van der Waals surface area contributed by atoms with Crippen LogP contribution in [0.2, 0.25) is 0 Å². The van der Waals surface area contributed by atoms with Gasteiger partial charge in [0.05, 0.1) is 7.11 Å². The number of amides is 1. The average molecular weight is 283 g/mol. The fraction of sp³-hybridized carbons (Fsp3) is 0.462. The van der Waals surface area contributed by atoms with Crippen molar-refractivity contribution >= 4 is 17.8 Å². The van der Waals surface area contributed by atoms with Crippen LogP contribution in [0.25, 0.3) is 0 Å². The predicted molar refractivity (Wildman–Crippen MR) is 68.2 cm³/mol. The standard InChI is InChI=1S/C13H17NO6/c1-3-8-4-6-10(20-8)12(16)14-9(13(17)18)5-7-11(15)19-2/h4,6,9H,3,5,7H2,1-2H3,(H,14,16)(H,17,18). The molecule has 1 atom stereocenters. The highest BCUT2D eigenvalue weighted by molar-refractivity contribution is 5.94. The number of rotatable bonds is 7. The minimum absolute atomic E-state index is 0.0465. The number of carbonyl (C=O) groups excluding carboxylic acids is 2. The van der Waals surface area contributed by atoms with Crippen LogP contribution in [0.4, 0.5) is 0 Å². The molecular formula is C13H17NO6. The third-order valence-electron chi connectivity index (χ3n) is 2.70. The van der Waals surface area contributed by atoms with E-state index in [2.05, 4.69) is 10.1 Å². The first-order chi connectivity index (χ1) is 9.47. The maximum absolute atomic E-state index is 11.8. The van der Waals surface area contributed by atoms with E-state index in [4.69, 9.17) is 9.52 Å². The number of carboxylic acid groups (broad SMARTS) is 1. The van der Waals surface area contributed by atoms with Crippen molar-refractivity contribution in [2.75, 3.05) is 7.11 Å². The molecule has 0 aliphatic rings. The topological polar surface area (TPSA) is 106 Å². The second-order valence-corrected chi connectivity index (χ2v) is 4.10. The van der Waals surface area contributed by atoms with Gasteiger partial charge < -0.3 is 19.6 Å². The predicted octanol–water partition coefficient (Wildman–Crippen LogP) is 0.978. The summed E-state index contributed by atoms with van der Waals surface area (Å²) in [6.45, 7) is 1.87. The van der Waals surface area contributed by atoms with Crippen molar-refractivity contribution < 1.29 is 28.6 Å². The molecule has 0 aliphatic carbocycles. The Morgan fingerprint density at radius 1 is 1.40 bits per heavy atom. The molecule has 0 aliphatic heterocycles. The van der Waals surface area contributed by atoms with Gasteiger partial charge in [-0.15, -0.1) is 0 Å². The van der Waals surface area contributed by atoms with Gasteiger partial charge in [-0.25, -0.2) is 4.79 Å². The van der Waals surface area contributed by atoms with Crippen molar-refractivity contribution in [3.63, 3.8) is 0 Å². The quantitative estimate of drug-likeness (QED) is 0.722. The lowest BCUT2D eigenvalue weighted by molar-refractivity contribution is -0.142. The van der Waals surface area contributed by atoms with Crippen LogP contribution in [-0.2, 0) is 20.7 Å². The smallest absolute Gasteiger partial charge is 0.326 e. The molecule has 110 valence electrons. The second kappa shape index (κ2) is 7.32. The van der Waals surface area contributed by atoms with Crippen LogP contribution >= 0.6 is 0 Å². The first-order valence-corrected chi connectivity index (χ1v) is 6.17. The van der Waals surface area contributed by atoms with E-state index >= 15 is 0 Å². The lowest BCUT2D eigenvalue weighted by atomic mass is 10.1. The highest BCUT2D eigenvalue weighted by atomic mass is 16.5. The second-order valence-electron chi connectivity index (χ2n) is 4.10. The van der Waals surface area contributed by atoms with Crippen LogP contribution < -0.4 is 5.32 Å². The highest BCUT2D eigenvalue weighted by Crippen LogP contribution is 2.09. The molecule has 0 fully saturated rings. The maximum atomic E-state index is 11.8. The summed E-state index contributed by atoms with van der Waals surface area (Å²) in [6, 6.07) is 1.96. The Balaban J connectivity index is 2.63. The molecule has 1 aromatic rings. The van der Waals surface area contributed by atoms with Crippen LogP contribution in [0, 0.1) is 0 Å². The van der Waals surface area contributed by atoms with Gasteiger partial charge in [0.25, 0.3) is 5.91 Å². The Kier molecular flexibility index (Phi) is 5.76. The van der Waals surface area contributed by atoms with E-state index in [-0.39, 0.29) is 18.6 Å². The first-order valence-electron chi connectivity index (χ1n) is 6.17. The van der Waals surface area contributed by atoms with Crippen molar-refractivity contribution in [2.45, 2.75) is 32.2 Å². The molecule has 1 heterocycles. The van der Waals surface area contributed by atoms with Gasteiger partial charge in [-0.2, -0.15) is 0 Å². The van der Waals surface area contributed by atoms with Gasteiger partial charge in [-0.05, 0) is 18.6 Å². The van der Waals surface area contributed by atoms with Gasteiger partial charge in [0, 0.05) is 12.8 Å². The van der Waals surface area contributed by atoms with Crippen LogP contribution in [0.15, 0.2) is 16.5 Å². The van der Waals surface area contributed by atoms with Gasteiger partial charge in [0.1, 0.15) is 11.8 Å². The number of nitrogens with one attached hydrogen (secondary N) is 1. The SMILES string of the molecule is CCc1ccc(C(=O)NC(CCC(=O)OC)C(=O)O)o1. The summed E-state index contributed by atoms with van der Waals surface area (Å²) in [5.74, 6) is -1.69. The fourth-order valence-electron chi connectivity index (χ4n) is 1.54. The zero-order valence-corrected chi connectivity index (χ0v) is 11.3. The minimum atomic E-state index is -1.22. The summed E-state index contributed by atoms with van der Waals surface area (Å²) < 4.78 is 9.65. The van der Waals surface area contributed by atoms with E-state index in [0.717, 1.165) is 0 Å². The largest absolute Gasteiger partial charge is 0.480 e. The molecule has 0 bridgehead atoms. The Morgan fingerprint density at radius 3 is 2.60 bits per heavy atom. The number of methoxy groups -OCH3 is 1. The molecule has 7 nitrogen and oxygen atoms in total. The Labute approximate surface area is 115 Å². The molecule has 1 unspecified atom stereocenters. The lowest BCUT2D eigenvalue weighted by Gasteiger charge is -2.12. The Hall–Kier alpha value is -2.31. The molecular weight excluding hydrogens is 266 g/mol. The van der Waals surface area contributed by atoms with E-state index < -0.39 is 23.9 Å². The zero-order chi connectivity index (χ0) is 15.1. The maximum Gasteiger partial charge on any atom is 0.326 e. The normalized spacial score (nSPS) is 11.7. The zero-order valence-electron chi connectivity index (χ0n) is 11.3. The summed E-state index contributed by atoms with van der Waals surface area (Å²) in [5.41, 5.74) is 0. The molecule has 20 heavy (non-hydrogen) atoms. The third-order valence-corrected chi connectivity index (χ3v) is 2.70. The molecule has 0 aromatic carbocycles. The fourth-order valence-corrected chi connectivity index (χ4v) is 1.54. The van der Waals surface area contributed by atoms with Gasteiger partial charge in [0.15, 0.2) is 5.76 Å². The van der Waals surface area contributed by atoms with E-state index in [0.29, 0.717) is 12.2 Å². The van der Waals surface area contributed by atoms with Crippen molar-refractivity contribution in [3.05, 3.63) is 23.7 Å². The van der Waals surface area contributed by atoms with E-state index in [1.807, 2.05) is 6.92 Å². The molecule has 0 saturated carbocycles. The first kappa shape index (κ1) is 15.7. The number of carboxylic acids is 1. The summed E-state index contributed by atoms with van der Waals surface area (Å²) in [4.78, 5) is 33.8. The van der Waals surface area contributed by atoms with Gasteiger partial charge in [-0.3, -0.25) is 9.59 Å². The molecule has 1 rings (SSSR count). The summed E-state index contributed by atoms with van der Waals surface area (Å²) in [7, 11) is 1.21. The van der Waals surface area contributed by atoms with E-state index in [1.54, 1.807) is 6.07 Å². The number of aliphatic carboxylic acids is 1. The van der Waals surface area contributed by atoms with Crippen LogP contribution in [0.3, 0.4) is 0 Å². The third kappa shape index (κ3) is 4.42.